The molecule has 0 radical (unpaired) electrons. The maximum Gasteiger partial charge on any atom is 0.307 e. The van der Waals surface area contributed by atoms with Crippen LogP contribution in [0.15, 0.2) is 0 Å². The predicted octanol–water partition coefficient (Wildman–Crippen LogP) is 0.167. The first-order valence-electron chi connectivity index (χ1n) is 5.63. The van der Waals surface area contributed by atoms with Crippen molar-refractivity contribution in [2.24, 2.45) is 11.8 Å². The quantitative estimate of drug-likeness (QED) is 0.671. The molecule has 0 aromatic rings. The maximum absolute atomic E-state index is 11.7. The molecule has 2 N–H and O–H groups in total. The summed E-state index contributed by atoms with van der Waals surface area (Å²) < 4.78 is 4.43. The highest BCUT2D eigenvalue weighted by Gasteiger charge is 2.37. The summed E-state index contributed by atoms with van der Waals surface area (Å²) in [7, 11) is 1.28. The monoisotopic (exact) mass is 243 g/mol. The third-order valence-electron chi connectivity index (χ3n) is 3.03. The first-order valence-corrected chi connectivity index (χ1v) is 5.63. The van der Waals surface area contributed by atoms with Crippen molar-refractivity contribution in [2.45, 2.75) is 25.7 Å². The van der Waals surface area contributed by atoms with Gasteiger partial charge in [0.15, 0.2) is 0 Å². The van der Waals surface area contributed by atoms with Gasteiger partial charge in [-0.2, -0.15) is 0 Å². The van der Waals surface area contributed by atoms with Crippen LogP contribution in [-0.2, 0) is 19.1 Å². The lowest BCUT2D eigenvalue weighted by molar-refractivity contribution is -0.146. The molecule has 6 heteroatoms. The highest BCUT2D eigenvalue weighted by Crippen LogP contribution is 2.31. The summed E-state index contributed by atoms with van der Waals surface area (Å²) in [5.41, 5.74) is 0. The molecule has 0 saturated heterocycles. The van der Waals surface area contributed by atoms with Crippen LogP contribution in [0.3, 0.4) is 0 Å². The molecule has 0 aromatic heterocycles. The Bertz CT molecular complexity index is 315. The van der Waals surface area contributed by atoms with E-state index in [4.69, 9.17) is 5.11 Å². The van der Waals surface area contributed by atoms with Crippen LogP contribution in [0.5, 0.6) is 0 Å². The zero-order valence-electron chi connectivity index (χ0n) is 9.77. The topological polar surface area (TPSA) is 92.7 Å². The average Bonchev–Trinajstić information content (AvgIpc) is 2.77. The van der Waals surface area contributed by atoms with Gasteiger partial charge in [-0.1, -0.05) is 6.42 Å². The Balaban J connectivity index is 2.37. The molecular formula is C11H17NO5. The number of rotatable bonds is 5. The maximum atomic E-state index is 11.7. The van der Waals surface area contributed by atoms with Gasteiger partial charge in [0.25, 0.3) is 0 Å². The molecule has 0 heterocycles. The highest BCUT2D eigenvalue weighted by atomic mass is 16.5. The van der Waals surface area contributed by atoms with E-state index in [0.29, 0.717) is 12.8 Å². The number of ether oxygens (including phenoxy) is 1. The molecule has 1 saturated carbocycles. The summed E-state index contributed by atoms with van der Waals surface area (Å²) in [6.07, 6.45) is 2.00. The molecule has 0 bridgehead atoms. The Morgan fingerprint density at radius 2 is 1.94 bits per heavy atom. The van der Waals surface area contributed by atoms with Gasteiger partial charge in [-0.15, -0.1) is 0 Å². The Morgan fingerprint density at radius 1 is 1.29 bits per heavy atom. The van der Waals surface area contributed by atoms with E-state index in [1.54, 1.807) is 0 Å². The zero-order chi connectivity index (χ0) is 12.8. The zero-order valence-corrected chi connectivity index (χ0v) is 9.77. The van der Waals surface area contributed by atoms with Crippen molar-refractivity contribution < 1.29 is 24.2 Å². The number of aliphatic carboxylic acids is 1. The molecular weight excluding hydrogens is 226 g/mol. The first-order chi connectivity index (χ1) is 8.06. The van der Waals surface area contributed by atoms with Crippen molar-refractivity contribution in [3.63, 3.8) is 0 Å². The summed E-state index contributed by atoms with van der Waals surface area (Å²) in [6.45, 7) is 0.189. The molecule has 0 aliphatic heterocycles. The third-order valence-corrected chi connectivity index (χ3v) is 3.03. The molecule has 1 fully saturated rings. The lowest BCUT2D eigenvalue weighted by atomic mass is 9.95. The van der Waals surface area contributed by atoms with E-state index < -0.39 is 23.8 Å². The fourth-order valence-corrected chi connectivity index (χ4v) is 2.09. The largest absolute Gasteiger partial charge is 0.481 e. The van der Waals surface area contributed by atoms with Gasteiger partial charge in [0, 0.05) is 6.54 Å². The SMILES string of the molecule is COC(=O)CCNC(=O)[C@@H]1CCC[C@@H]1C(=O)O. The van der Waals surface area contributed by atoms with Gasteiger partial charge in [-0.05, 0) is 12.8 Å². The van der Waals surface area contributed by atoms with Crippen LogP contribution in [-0.4, -0.2) is 36.6 Å². The number of carboxylic acids is 1. The van der Waals surface area contributed by atoms with Crippen molar-refractivity contribution in [2.75, 3.05) is 13.7 Å². The van der Waals surface area contributed by atoms with Crippen molar-refractivity contribution in [3.05, 3.63) is 0 Å². The van der Waals surface area contributed by atoms with Crippen molar-refractivity contribution in [1.29, 1.82) is 0 Å². The second-order valence-electron chi connectivity index (χ2n) is 4.10. The number of carbonyl (C=O) groups excluding carboxylic acids is 2. The van der Waals surface area contributed by atoms with Crippen LogP contribution in [0.2, 0.25) is 0 Å². The summed E-state index contributed by atoms with van der Waals surface area (Å²) in [4.78, 5) is 33.4. The number of methoxy groups -OCH3 is 1. The first kappa shape index (κ1) is 13.5. The number of carboxylic acid groups (broad SMARTS) is 1. The Labute approximate surface area is 99.3 Å². The second-order valence-corrected chi connectivity index (χ2v) is 4.10. The number of esters is 1. The van der Waals surface area contributed by atoms with E-state index in [0.717, 1.165) is 6.42 Å². The number of amides is 1. The van der Waals surface area contributed by atoms with E-state index in [1.807, 2.05) is 0 Å². The lowest BCUT2D eigenvalue weighted by Gasteiger charge is -2.15. The molecule has 1 aliphatic rings. The predicted molar refractivity (Wildman–Crippen MR) is 58.1 cm³/mol. The van der Waals surface area contributed by atoms with Gasteiger partial charge >= 0.3 is 11.9 Å². The third kappa shape index (κ3) is 3.72. The number of hydrogen-bond acceptors (Lipinski definition) is 4. The fraction of sp³-hybridized carbons (Fsp3) is 0.727. The Morgan fingerprint density at radius 3 is 2.53 bits per heavy atom. The van der Waals surface area contributed by atoms with Gasteiger partial charge in [0.05, 0.1) is 25.4 Å². The highest BCUT2D eigenvalue weighted by molar-refractivity contribution is 5.85. The summed E-state index contributed by atoms with van der Waals surface area (Å²) in [6, 6.07) is 0. The molecule has 96 valence electrons. The molecule has 1 rings (SSSR count). The standard InChI is InChI=1S/C11H17NO5/c1-17-9(13)5-6-12-10(14)7-3-2-4-8(7)11(15)16/h7-8H,2-6H2,1H3,(H,12,14)(H,15,16)/t7-,8+/m1/s1. The van der Waals surface area contributed by atoms with Gasteiger partial charge in [0.1, 0.15) is 0 Å². The number of hydrogen-bond donors (Lipinski definition) is 2. The van der Waals surface area contributed by atoms with E-state index in [1.165, 1.54) is 7.11 Å². The van der Waals surface area contributed by atoms with Crippen molar-refractivity contribution in [3.8, 4) is 0 Å². The minimum atomic E-state index is -0.921. The van der Waals surface area contributed by atoms with Crippen LogP contribution < -0.4 is 5.32 Å². The van der Waals surface area contributed by atoms with Gasteiger partial charge in [0.2, 0.25) is 5.91 Å². The summed E-state index contributed by atoms with van der Waals surface area (Å²) >= 11 is 0. The lowest BCUT2D eigenvalue weighted by Crippen LogP contribution is -2.36. The van der Waals surface area contributed by atoms with Crippen LogP contribution in [0.25, 0.3) is 0 Å². The molecule has 1 aliphatic carbocycles. The summed E-state index contributed by atoms with van der Waals surface area (Å²) in [5, 5.41) is 11.5. The fourth-order valence-electron chi connectivity index (χ4n) is 2.09. The van der Waals surface area contributed by atoms with E-state index in [9.17, 15) is 14.4 Å². The van der Waals surface area contributed by atoms with Crippen molar-refractivity contribution >= 4 is 17.8 Å². The smallest absolute Gasteiger partial charge is 0.307 e. The minimum absolute atomic E-state index is 0.104. The van der Waals surface area contributed by atoms with Crippen LogP contribution in [0, 0.1) is 11.8 Å². The molecule has 6 nitrogen and oxygen atoms in total. The Hall–Kier alpha value is -1.59. The van der Waals surface area contributed by atoms with Crippen LogP contribution >= 0.6 is 0 Å². The molecule has 1 amide bonds. The molecule has 17 heavy (non-hydrogen) atoms. The Kier molecular flexibility index (Phi) is 4.93. The van der Waals surface area contributed by atoms with E-state index in [-0.39, 0.29) is 18.9 Å². The van der Waals surface area contributed by atoms with E-state index in [2.05, 4.69) is 10.1 Å². The van der Waals surface area contributed by atoms with Gasteiger partial charge in [-0.25, -0.2) is 0 Å². The van der Waals surface area contributed by atoms with Crippen LogP contribution in [0.1, 0.15) is 25.7 Å². The molecule has 0 unspecified atom stereocenters. The number of nitrogens with one attached hydrogen (secondary N) is 1. The normalized spacial score (nSPS) is 23.1. The van der Waals surface area contributed by atoms with E-state index >= 15 is 0 Å². The average molecular weight is 243 g/mol. The number of carbonyl (C=O) groups is 3. The summed E-state index contributed by atoms with van der Waals surface area (Å²) in [5.74, 6) is -2.65. The minimum Gasteiger partial charge on any atom is -0.481 e. The van der Waals surface area contributed by atoms with Crippen LogP contribution in [0.4, 0.5) is 0 Å². The molecule has 0 aromatic carbocycles. The van der Waals surface area contributed by atoms with Gasteiger partial charge < -0.3 is 15.2 Å². The van der Waals surface area contributed by atoms with Crippen molar-refractivity contribution in [1.82, 2.24) is 5.32 Å². The molecule has 0 spiro atoms. The molecule has 2 atom stereocenters. The van der Waals surface area contributed by atoms with Gasteiger partial charge in [-0.3, -0.25) is 14.4 Å². The second kappa shape index (κ2) is 6.22.